The standard InChI is InChI=1S/C22H28N2O4/c1-4-5-14-27-19-10-6-17(7-11-19)21(25)23-24-22(26)18-8-12-20(13-9-18)28-15-16(2)3/h6-13,16H,4-5,14-15H2,1-3H3,(H,23,25)(H,24,26). The van der Waals surface area contributed by atoms with Crippen LogP contribution in [-0.4, -0.2) is 25.0 Å². The van der Waals surface area contributed by atoms with Crippen molar-refractivity contribution in [1.82, 2.24) is 10.9 Å². The highest BCUT2D eigenvalue weighted by atomic mass is 16.5. The predicted molar refractivity (Wildman–Crippen MR) is 109 cm³/mol. The number of rotatable bonds is 9. The molecule has 2 N–H and O–H groups in total. The fourth-order valence-corrected chi connectivity index (χ4v) is 2.26. The lowest BCUT2D eigenvalue weighted by Gasteiger charge is -2.10. The second kappa shape index (κ2) is 11.0. The average molecular weight is 384 g/mol. The van der Waals surface area contributed by atoms with Crippen LogP contribution in [0.15, 0.2) is 48.5 Å². The number of carbonyl (C=O) groups excluding carboxylic acids is 2. The first kappa shape index (κ1) is 21.3. The van der Waals surface area contributed by atoms with Crippen LogP contribution >= 0.6 is 0 Å². The predicted octanol–water partition coefficient (Wildman–Crippen LogP) is 3.98. The molecule has 0 aromatic heterocycles. The van der Waals surface area contributed by atoms with Crippen molar-refractivity contribution in [3.63, 3.8) is 0 Å². The van der Waals surface area contributed by atoms with Gasteiger partial charge in [0, 0.05) is 11.1 Å². The van der Waals surface area contributed by atoms with Crippen LogP contribution in [-0.2, 0) is 0 Å². The molecular weight excluding hydrogens is 356 g/mol. The third-order valence-electron chi connectivity index (χ3n) is 3.87. The van der Waals surface area contributed by atoms with Crippen LogP contribution in [0.5, 0.6) is 11.5 Å². The number of benzene rings is 2. The van der Waals surface area contributed by atoms with Gasteiger partial charge in [0.1, 0.15) is 11.5 Å². The quantitative estimate of drug-likeness (QED) is 0.506. The third-order valence-corrected chi connectivity index (χ3v) is 3.87. The van der Waals surface area contributed by atoms with E-state index in [4.69, 9.17) is 9.47 Å². The van der Waals surface area contributed by atoms with Crippen molar-refractivity contribution in [2.45, 2.75) is 33.6 Å². The first-order valence-corrected chi connectivity index (χ1v) is 9.56. The lowest BCUT2D eigenvalue weighted by molar-refractivity contribution is 0.0846. The molecule has 2 aromatic carbocycles. The molecule has 0 aliphatic heterocycles. The van der Waals surface area contributed by atoms with Crippen LogP contribution in [0.4, 0.5) is 0 Å². The van der Waals surface area contributed by atoms with E-state index in [0.717, 1.165) is 12.8 Å². The molecule has 6 heteroatoms. The van der Waals surface area contributed by atoms with Crippen molar-refractivity contribution in [2.75, 3.05) is 13.2 Å². The van der Waals surface area contributed by atoms with E-state index in [1.165, 1.54) is 0 Å². The maximum Gasteiger partial charge on any atom is 0.269 e. The summed E-state index contributed by atoms with van der Waals surface area (Å²) in [6, 6.07) is 13.6. The molecule has 0 spiro atoms. The summed E-state index contributed by atoms with van der Waals surface area (Å²) in [6.07, 6.45) is 2.05. The zero-order valence-electron chi connectivity index (χ0n) is 16.7. The summed E-state index contributed by atoms with van der Waals surface area (Å²) < 4.78 is 11.2. The van der Waals surface area contributed by atoms with E-state index >= 15 is 0 Å². The van der Waals surface area contributed by atoms with Crippen molar-refractivity contribution in [3.05, 3.63) is 59.7 Å². The Morgan fingerprint density at radius 3 is 1.71 bits per heavy atom. The molecule has 0 heterocycles. The minimum atomic E-state index is -0.400. The van der Waals surface area contributed by atoms with E-state index in [1.54, 1.807) is 48.5 Å². The topological polar surface area (TPSA) is 76.7 Å². The summed E-state index contributed by atoms with van der Waals surface area (Å²) in [4.78, 5) is 24.3. The highest BCUT2D eigenvalue weighted by Crippen LogP contribution is 2.14. The molecule has 0 saturated carbocycles. The van der Waals surface area contributed by atoms with Crippen molar-refractivity contribution in [3.8, 4) is 11.5 Å². The molecule has 6 nitrogen and oxygen atoms in total. The Morgan fingerprint density at radius 1 is 0.821 bits per heavy atom. The zero-order valence-corrected chi connectivity index (χ0v) is 16.7. The van der Waals surface area contributed by atoms with Gasteiger partial charge < -0.3 is 9.47 Å². The summed E-state index contributed by atoms with van der Waals surface area (Å²) in [5.74, 6) is 1.05. The molecule has 2 aromatic rings. The highest BCUT2D eigenvalue weighted by molar-refractivity contribution is 5.99. The van der Waals surface area contributed by atoms with Gasteiger partial charge in [-0.25, -0.2) is 0 Å². The average Bonchev–Trinajstić information content (AvgIpc) is 2.71. The second-order valence-corrected chi connectivity index (χ2v) is 6.86. The molecule has 0 bridgehead atoms. The Bertz CT molecular complexity index is 755. The Labute approximate surface area is 166 Å². The number of ether oxygens (including phenoxy) is 2. The number of hydrogen-bond acceptors (Lipinski definition) is 4. The molecule has 0 atom stereocenters. The lowest BCUT2D eigenvalue weighted by atomic mass is 10.2. The Morgan fingerprint density at radius 2 is 1.29 bits per heavy atom. The number of hydrazine groups is 1. The van der Waals surface area contributed by atoms with Gasteiger partial charge in [-0.3, -0.25) is 20.4 Å². The normalized spacial score (nSPS) is 10.4. The van der Waals surface area contributed by atoms with Gasteiger partial charge in [0.25, 0.3) is 11.8 Å². The van der Waals surface area contributed by atoms with Crippen LogP contribution in [0.1, 0.15) is 54.3 Å². The van der Waals surface area contributed by atoms with E-state index in [1.807, 2.05) is 0 Å². The number of nitrogens with one attached hydrogen (secondary N) is 2. The van der Waals surface area contributed by atoms with Crippen molar-refractivity contribution < 1.29 is 19.1 Å². The molecule has 2 rings (SSSR count). The molecule has 28 heavy (non-hydrogen) atoms. The molecular formula is C22H28N2O4. The smallest absolute Gasteiger partial charge is 0.269 e. The molecule has 0 aliphatic rings. The molecule has 0 saturated heterocycles. The minimum absolute atomic E-state index is 0.398. The van der Waals surface area contributed by atoms with Crippen LogP contribution in [0.25, 0.3) is 0 Å². The number of carbonyl (C=O) groups is 2. The fraction of sp³-hybridized carbons (Fsp3) is 0.364. The van der Waals surface area contributed by atoms with Gasteiger partial charge >= 0.3 is 0 Å². The highest BCUT2D eigenvalue weighted by Gasteiger charge is 2.10. The van der Waals surface area contributed by atoms with Crippen molar-refractivity contribution in [2.24, 2.45) is 5.92 Å². The number of unbranched alkanes of at least 4 members (excludes halogenated alkanes) is 1. The summed E-state index contributed by atoms with van der Waals surface area (Å²) in [5, 5.41) is 0. The largest absolute Gasteiger partial charge is 0.494 e. The van der Waals surface area contributed by atoms with Gasteiger partial charge in [-0.05, 0) is 60.9 Å². The molecule has 150 valence electrons. The summed E-state index contributed by atoms with van der Waals surface area (Å²) in [5.41, 5.74) is 5.68. The van der Waals surface area contributed by atoms with Gasteiger partial charge in [-0.2, -0.15) is 0 Å². The maximum atomic E-state index is 12.2. The van der Waals surface area contributed by atoms with E-state index in [0.29, 0.717) is 41.8 Å². The van der Waals surface area contributed by atoms with E-state index in [2.05, 4.69) is 31.6 Å². The molecule has 0 aliphatic carbocycles. The molecule has 0 unspecified atom stereocenters. The van der Waals surface area contributed by atoms with Gasteiger partial charge in [-0.1, -0.05) is 27.2 Å². The number of hydrogen-bond donors (Lipinski definition) is 2. The Hall–Kier alpha value is -3.02. The Balaban J connectivity index is 1.82. The molecule has 2 amide bonds. The van der Waals surface area contributed by atoms with Crippen LogP contribution in [0, 0.1) is 5.92 Å². The SMILES string of the molecule is CCCCOc1ccc(C(=O)NNC(=O)c2ccc(OCC(C)C)cc2)cc1. The van der Waals surface area contributed by atoms with Crippen LogP contribution in [0.2, 0.25) is 0 Å². The minimum Gasteiger partial charge on any atom is -0.494 e. The van der Waals surface area contributed by atoms with Gasteiger partial charge in [0.15, 0.2) is 0 Å². The Kier molecular flexibility index (Phi) is 8.34. The van der Waals surface area contributed by atoms with Gasteiger partial charge in [0.2, 0.25) is 0 Å². The van der Waals surface area contributed by atoms with Crippen molar-refractivity contribution in [1.29, 1.82) is 0 Å². The maximum absolute atomic E-state index is 12.2. The van der Waals surface area contributed by atoms with Crippen LogP contribution in [0.3, 0.4) is 0 Å². The van der Waals surface area contributed by atoms with Gasteiger partial charge in [0.05, 0.1) is 13.2 Å². The first-order chi connectivity index (χ1) is 13.5. The van der Waals surface area contributed by atoms with Crippen molar-refractivity contribution >= 4 is 11.8 Å². The summed E-state index contributed by atoms with van der Waals surface area (Å²) in [7, 11) is 0. The van der Waals surface area contributed by atoms with Gasteiger partial charge in [-0.15, -0.1) is 0 Å². The first-order valence-electron chi connectivity index (χ1n) is 9.56. The summed E-state index contributed by atoms with van der Waals surface area (Å²) in [6.45, 7) is 7.50. The van der Waals surface area contributed by atoms with E-state index in [-0.39, 0.29) is 0 Å². The zero-order chi connectivity index (χ0) is 20.4. The number of amides is 2. The molecule has 0 radical (unpaired) electrons. The van der Waals surface area contributed by atoms with E-state index < -0.39 is 11.8 Å². The molecule has 0 fully saturated rings. The summed E-state index contributed by atoms with van der Waals surface area (Å²) >= 11 is 0. The third kappa shape index (κ3) is 6.95. The van der Waals surface area contributed by atoms with Crippen LogP contribution < -0.4 is 20.3 Å². The second-order valence-electron chi connectivity index (χ2n) is 6.86. The fourth-order valence-electron chi connectivity index (χ4n) is 2.26. The van der Waals surface area contributed by atoms with E-state index in [9.17, 15) is 9.59 Å². The monoisotopic (exact) mass is 384 g/mol. The lowest BCUT2D eigenvalue weighted by Crippen LogP contribution is -2.41.